The Balaban J connectivity index is 0.831. The van der Waals surface area contributed by atoms with E-state index >= 15 is 0 Å². The van der Waals surface area contributed by atoms with Crippen molar-refractivity contribution in [2.75, 3.05) is 0 Å². The number of aromatic nitrogens is 12. The van der Waals surface area contributed by atoms with E-state index in [-0.39, 0.29) is 0 Å². The van der Waals surface area contributed by atoms with E-state index in [9.17, 15) is 0 Å². The molecule has 0 atom stereocenters. The Morgan fingerprint density at radius 1 is 0.227 bits per heavy atom. The van der Waals surface area contributed by atoms with Crippen LogP contribution in [0, 0.1) is 0 Å². The third-order valence-corrected chi connectivity index (χ3v) is 16.9. The standard InChI is InChI=1S/C76H46N12/c1-6-21-47(22-7-1)71-79-72(48-23-8-2-9-24-48)82-75(81-71)87-63-35-19-42-78-69(63)59-45-58-57-44-51(37-39-61(57)86(65(58)46-66(59)87)54-31-14-5-15-32-54)50-27-18-28-52(43-50)74-80-73(49-25-10-3-11-26-49)83-76(84-74)88-64-36-20-41-77-68(64)56-38-40-62-67(70(56)88)55-33-16-17-34-60(55)85(62)53-29-12-4-13-30-53/h1-46H. The van der Waals surface area contributed by atoms with Gasteiger partial charge < -0.3 is 9.13 Å². The van der Waals surface area contributed by atoms with E-state index < -0.39 is 0 Å². The van der Waals surface area contributed by atoms with Crippen molar-refractivity contribution in [3.8, 4) is 79.9 Å². The van der Waals surface area contributed by atoms with Gasteiger partial charge in [0.15, 0.2) is 23.3 Å². The van der Waals surface area contributed by atoms with E-state index in [0.29, 0.717) is 35.2 Å². The zero-order valence-electron chi connectivity index (χ0n) is 46.9. The van der Waals surface area contributed by atoms with Crippen molar-refractivity contribution in [3.05, 3.63) is 279 Å². The highest BCUT2D eigenvalue weighted by molar-refractivity contribution is 6.25. The molecule has 0 spiro atoms. The average molecular weight is 1130 g/mol. The second kappa shape index (κ2) is 19.7. The normalized spacial score (nSPS) is 11.9. The summed E-state index contributed by atoms with van der Waals surface area (Å²) in [5.74, 6) is 3.26. The lowest BCUT2D eigenvalue weighted by atomic mass is 10.00. The second-order valence-corrected chi connectivity index (χ2v) is 22.0. The molecule has 8 aromatic heterocycles. The van der Waals surface area contributed by atoms with Crippen LogP contribution in [0.15, 0.2) is 279 Å². The number of hydrogen-bond donors (Lipinski definition) is 0. The van der Waals surface area contributed by atoms with Crippen LogP contribution >= 0.6 is 0 Å². The van der Waals surface area contributed by atoms with Crippen molar-refractivity contribution in [1.82, 2.24) is 58.1 Å². The first-order valence-corrected chi connectivity index (χ1v) is 29.2. The molecule has 0 aliphatic heterocycles. The molecule has 12 nitrogen and oxygen atoms in total. The minimum absolute atomic E-state index is 0.493. The summed E-state index contributed by atoms with van der Waals surface area (Å²) in [6.07, 6.45) is 3.72. The second-order valence-electron chi connectivity index (χ2n) is 22.0. The van der Waals surface area contributed by atoms with Crippen LogP contribution in [0.3, 0.4) is 0 Å². The fourth-order valence-electron chi connectivity index (χ4n) is 13.1. The first-order chi connectivity index (χ1) is 43.6. The van der Waals surface area contributed by atoms with Gasteiger partial charge in [-0.1, -0.05) is 170 Å². The van der Waals surface area contributed by atoms with Crippen LogP contribution in [0.5, 0.6) is 0 Å². The summed E-state index contributed by atoms with van der Waals surface area (Å²) in [5, 5.41) is 6.36. The molecule has 88 heavy (non-hydrogen) atoms. The lowest BCUT2D eigenvalue weighted by molar-refractivity contribution is 0.953. The van der Waals surface area contributed by atoms with E-state index in [0.717, 1.165) is 132 Å². The first-order valence-electron chi connectivity index (χ1n) is 29.2. The van der Waals surface area contributed by atoms with Crippen molar-refractivity contribution in [3.63, 3.8) is 0 Å². The van der Waals surface area contributed by atoms with Gasteiger partial charge >= 0.3 is 0 Å². The van der Waals surface area contributed by atoms with Crippen LogP contribution in [0.2, 0.25) is 0 Å². The Bertz CT molecular complexity index is 5740. The Morgan fingerprint density at radius 2 is 0.670 bits per heavy atom. The van der Waals surface area contributed by atoms with Crippen LogP contribution in [-0.4, -0.2) is 58.1 Å². The van der Waals surface area contributed by atoms with Gasteiger partial charge in [-0.25, -0.2) is 9.97 Å². The highest BCUT2D eigenvalue weighted by atomic mass is 15.2. The van der Waals surface area contributed by atoms with Gasteiger partial charge in [-0.15, -0.1) is 0 Å². The highest BCUT2D eigenvalue weighted by Gasteiger charge is 2.26. The lowest BCUT2D eigenvalue weighted by Crippen LogP contribution is -2.06. The fraction of sp³-hybridized carbons (Fsp3) is 0. The monoisotopic (exact) mass is 1130 g/mol. The molecule has 410 valence electrons. The predicted molar refractivity (Wildman–Crippen MR) is 353 cm³/mol. The third-order valence-electron chi connectivity index (χ3n) is 16.9. The van der Waals surface area contributed by atoms with Gasteiger partial charge in [-0.3, -0.25) is 19.1 Å². The van der Waals surface area contributed by atoms with E-state index in [2.05, 4.69) is 194 Å². The summed E-state index contributed by atoms with van der Waals surface area (Å²) in [4.78, 5) is 41.8. The number of benzene rings is 10. The Hall–Kier alpha value is -12.3. The van der Waals surface area contributed by atoms with Crippen molar-refractivity contribution in [1.29, 1.82) is 0 Å². The Labute approximate surface area is 502 Å². The molecule has 0 aliphatic carbocycles. The Morgan fingerprint density at radius 3 is 1.30 bits per heavy atom. The van der Waals surface area contributed by atoms with Gasteiger partial charge in [0.2, 0.25) is 11.9 Å². The number of para-hydroxylation sites is 3. The third kappa shape index (κ3) is 7.72. The molecule has 0 fully saturated rings. The van der Waals surface area contributed by atoms with Crippen LogP contribution < -0.4 is 0 Å². The molecule has 18 aromatic rings. The molecular weight excluding hydrogens is 1080 g/mol. The van der Waals surface area contributed by atoms with E-state index in [1.165, 1.54) is 0 Å². The minimum atomic E-state index is 0.493. The molecule has 8 heterocycles. The maximum Gasteiger partial charge on any atom is 0.238 e. The predicted octanol–water partition coefficient (Wildman–Crippen LogP) is 17.6. The van der Waals surface area contributed by atoms with Gasteiger partial charge in [0.1, 0.15) is 0 Å². The number of nitrogens with zero attached hydrogens (tertiary/aromatic N) is 12. The maximum absolute atomic E-state index is 5.49. The van der Waals surface area contributed by atoms with Crippen LogP contribution in [-0.2, 0) is 0 Å². The molecule has 0 N–H and O–H groups in total. The molecule has 10 aromatic carbocycles. The molecular formula is C76H46N12. The maximum atomic E-state index is 5.49. The number of pyridine rings is 2. The van der Waals surface area contributed by atoms with Gasteiger partial charge in [0.25, 0.3) is 0 Å². The molecule has 0 amide bonds. The van der Waals surface area contributed by atoms with Crippen LogP contribution in [0.1, 0.15) is 0 Å². The molecule has 0 saturated heterocycles. The molecule has 0 aliphatic rings. The number of rotatable bonds is 9. The van der Waals surface area contributed by atoms with Gasteiger partial charge in [0.05, 0.1) is 55.2 Å². The number of hydrogen-bond acceptors (Lipinski definition) is 8. The summed E-state index contributed by atoms with van der Waals surface area (Å²) in [6, 6.07) is 92.5. The summed E-state index contributed by atoms with van der Waals surface area (Å²) in [6.45, 7) is 0. The lowest BCUT2D eigenvalue weighted by Gasteiger charge is -2.12. The van der Waals surface area contributed by atoms with Crippen molar-refractivity contribution >= 4 is 87.5 Å². The minimum Gasteiger partial charge on any atom is -0.309 e. The van der Waals surface area contributed by atoms with E-state index in [1.807, 2.05) is 103 Å². The molecule has 0 radical (unpaired) electrons. The van der Waals surface area contributed by atoms with E-state index in [4.69, 9.17) is 39.9 Å². The molecule has 18 rings (SSSR count). The summed E-state index contributed by atoms with van der Waals surface area (Å²) < 4.78 is 9.03. The quantitative estimate of drug-likeness (QED) is 0.140. The summed E-state index contributed by atoms with van der Waals surface area (Å²) in [7, 11) is 0. The zero-order chi connectivity index (χ0) is 57.8. The fourth-order valence-corrected chi connectivity index (χ4v) is 13.1. The molecule has 0 bridgehead atoms. The smallest absolute Gasteiger partial charge is 0.238 e. The molecule has 0 unspecified atom stereocenters. The summed E-state index contributed by atoms with van der Waals surface area (Å²) in [5.41, 5.74) is 17.3. The van der Waals surface area contributed by atoms with Crippen LogP contribution in [0.4, 0.5) is 0 Å². The Kier molecular flexibility index (Phi) is 11.0. The van der Waals surface area contributed by atoms with Gasteiger partial charge in [-0.2, -0.15) is 19.9 Å². The SMILES string of the molecule is c1ccc(-c2nc(-c3ccccc3)nc(-n3c4cc5c(cc4c4ncccc43)c3cc(-c4cccc(-c6nc(-c7ccccc7)nc(-n7c8cccnc8c8ccc9c(c%10ccccc%10n9-c9ccccc9)c87)n6)c4)ccc3n5-c3ccccc3)n2)cc1. The van der Waals surface area contributed by atoms with Crippen LogP contribution in [0.25, 0.3) is 167 Å². The van der Waals surface area contributed by atoms with Gasteiger partial charge in [-0.05, 0) is 108 Å². The largest absolute Gasteiger partial charge is 0.309 e. The summed E-state index contributed by atoms with van der Waals surface area (Å²) >= 11 is 0. The number of fused-ring (bicyclic) bond motifs is 13. The first kappa shape index (κ1) is 49.2. The van der Waals surface area contributed by atoms with Gasteiger partial charge in [0, 0.05) is 78.3 Å². The zero-order valence-corrected chi connectivity index (χ0v) is 46.9. The topological polar surface area (TPSA) is 123 Å². The van der Waals surface area contributed by atoms with Crippen molar-refractivity contribution in [2.45, 2.75) is 0 Å². The molecule has 0 saturated carbocycles. The van der Waals surface area contributed by atoms with Crippen molar-refractivity contribution < 1.29 is 0 Å². The highest BCUT2D eigenvalue weighted by Crippen LogP contribution is 2.44. The molecule has 12 heteroatoms. The average Bonchev–Trinajstić information content (AvgIpc) is 1.76. The van der Waals surface area contributed by atoms with Crippen molar-refractivity contribution in [2.24, 2.45) is 0 Å². The van der Waals surface area contributed by atoms with E-state index in [1.54, 1.807) is 0 Å².